The molecule has 1 aliphatic heterocycles. The molecule has 0 radical (unpaired) electrons. The van der Waals surface area contributed by atoms with E-state index in [1.54, 1.807) is 31.0 Å². The average Bonchev–Trinajstić information content (AvgIpc) is 2.73. The van der Waals surface area contributed by atoms with Gasteiger partial charge in [-0.1, -0.05) is 12.1 Å². The monoisotopic (exact) mass is 295 g/mol. The molecule has 1 saturated heterocycles. The first-order valence-corrected chi connectivity index (χ1v) is 6.61. The summed E-state index contributed by atoms with van der Waals surface area (Å²) in [4.78, 5) is 25.3. The highest BCUT2D eigenvalue weighted by Gasteiger charge is 2.55. The molecule has 1 aromatic rings. The van der Waals surface area contributed by atoms with Gasteiger partial charge in [0.1, 0.15) is 11.4 Å². The molecule has 0 bridgehead atoms. The van der Waals surface area contributed by atoms with Crippen molar-refractivity contribution in [2.75, 3.05) is 14.2 Å². The van der Waals surface area contributed by atoms with Crippen molar-refractivity contribution in [1.29, 1.82) is 0 Å². The summed E-state index contributed by atoms with van der Waals surface area (Å²) in [7, 11) is 2.97. The Morgan fingerprint density at radius 3 is 2.43 bits per heavy atom. The highest BCUT2D eigenvalue weighted by Crippen LogP contribution is 2.46. The summed E-state index contributed by atoms with van der Waals surface area (Å²) < 4.78 is 17.9. The second-order valence-electron chi connectivity index (χ2n) is 5.52. The fourth-order valence-electron chi connectivity index (χ4n) is 3.05. The second kappa shape index (κ2) is 5.44. The van der Waals surface area contributed by atoms with Crippen LogP contribution in [0.1, 0.15) is 24.9 Å². The van der Waals surface area contributed by atoms with Crippen LogP contribution in [0.15, 0.2) is 24.3 Å². The van der Waals surface area contributed by atoms with Gasteiger partial charge in [-0.15, -0.1) is 0 Å². The lowest BCUT2D eigenvalue weighted by Crippen LogP contribution is -2.47. The third kappa shape index (κ3) is 2.51. The first kappa shape index (κ1) is 15.4. The van der Waals surface area contributed by atoms with Crippen molar-refractivity contribution in [2.45, 2.75) is 24.9 Å². The molecule has 3 atom stereocenters. The van der Waals surface area contributed by atoms with Crippen molar-refractivity contribution < 1.29 is 23.8 Å². The SMILES string of the molecule is COC(=O)[C@]1(C)C[C@@H](C(=O)O)[C@@H](c2ccc(F)cc2)N1C. The van der Waals surface area contributed by atoms with Gasteiger partial charge < -0.3 is 9.84 Å². The van der Waals surface area contributed by atoms with Crippen LogP contribution < -0.4 is 0 Å². The molecule has 1 heterocycles. The maximum absolute atomic E-state index is 13.1. The smallest absolute Gasteiger partial charge is 0.326 e. The molecule has 1 fully saturated rings. The molecule has 1 N–H and O–H groups in total. The van der Waals surface area contributed by atoms with Crippen molar-refractivity contribution in [3.63, 3.8) is 0 Å². The molecule has 0 aromatic heterocycles. The topological polar surface area (TPSA) is 66.8 Å². The first-order chi connectivity index (χ1) is 9.81. The molecule has 0 unspecified atom stereocenters. The summed E-state index contributed by atoms with van der Waals surface area (Å²) in [5.74, 6) is -2.60. The molecule has 21 heavy (non-hydrogen) atoms. The zero-order valence-corrected chi connectivity index (χ0v) is 12.2. The number of carbonyl (C=O) groups is 2. The summed E-state index contributed by atoms with van der Waals surface area (Å²) in [6.45, 7) is 1.66. The Morgan fingerprint density at radius 1 is 1.38 bits per heavy atom. The maximum Gasteiger partial charge on any atom is 0.326 e. The van der Waals surface area contributed by atoms with Gasteiger partial charge in [0.15, 0.2) is 0 Å². The van der Waals surface area contributed by atoms with E-state index in [0.717, 1.165) is 0 Å². The Hall–Kier alpha value is -1.95. The van der Waals surface area contributed by atoms with E-state index in [-0.39, 0.29) is 12.2 Å². The number of nitrogens with zero attached hydrogens (tertiary/aromatic N) is 1. The number of halogens is 1. The van der Waals surface area contributed by atoms with Crippen LogP contribution in [0.5, 0.6) is 0 Å². The predicted octanol–water partition coefficient (Wildman–Crippen LogP) is 1.83. The number of rotatable bonds is 3. The lowest BCUT2D eigenvalue weighted by molar-refractivity contribution is -0.152. The van der Waals surface area contributed by atoms with Crippen molar-refractivity contribution >= 4 is 11.9 Å². The summed E-state index contributed by atoms with van der Waals surface area (Å²) in [6.07, 6.45) is 0.146. The molecule has 0 amide bonds. The Kier molecular flexibility index (Phi) is 4.00. The molecule has 0 aliphatic carbocycles. The number of carboxylic acid groups (broad SMARTS) is 1. The van der Waals surface area contributed by atoms with Gasteiger partial charge in [0, 0.05) is 6.04 Å². The van der Waals surface area contributed by atoms with E-state index >= 15 is 0 Å². The quantitative estimate of drug-likeness (QED) is 0.862. The minimum absolute atomic E-state index is 0.146. The van der Waals surface area contributed by atoms with Gasteiger partial charge >= 0.3 is 11.9 Å². The van der Waals surface area contributed by atoms with Gasteiger partial charge in [0.05, 0.1) is 13.0 Å². The standard InChI is InChI=1S/C15H18FNO4/c1-15(14(20)21-3)8-11(13(18)19)12(17(15)2)9-4-6-10(16)7-5-9/h4-7,11-12H,8H2,1-3H3,(H,18,19)/t11-,12-,15+/m1/s1. The number of methoxy groups -OCH3 is 1. The third-order valence-corrected chi connectivity index (χ3v) is 4.35. The lowest BCUT2D eigenvalue weighted by Gasteiger charge is -2.32. The zero-order chi connectivity index (χ0) is 15.8. The molecule has 1 aromatic carbocycles. The predicted molar refractivity (Wildman–Crippen MR) is 73.1 cm³/mol. The highest BCUT2D eigenvalue weighted by atomic mass is 19.1. The number of hydrogen-bond donors (Lipinski definition) is 1. The molecular weight excluding hydrogens is 277 g/mol. The Bertz CT molecular complexity index is 559. The van der Waals surface area contributed by atoms with Crippen LogP contribution in [0.25, 0.3) is 0 Å². The molecule has 0 spiro atoms. The van der Waals surface area contributed by atoms with E-state index in [1.807, 2.05) is 0 Å². The van der Waals surface area contributed by atoms with Crippen LogP contribution in [0.4, 0.5) is 4.39 Å². The Labute approximate surface area is 122 Å². The Balaban J connectivity index is 2.44. The largest absolute Gasteiger partial charge is 0.481 e. The Morgan fingerprint density at radius 2 is 1.95 bits per heavy atom. The van der Waals surface area contributed by atoms with E-state index in [1.165, 1.54) is 19.2 Å². The van der Waals surface area contributed by atoms with Crippen molar-refractivity contribution in [1.82, 2.24) is 4.90 Å². The maximum atomic E-state index is 13.1. The number of benzene rings is 1. The summed E-state index contributed by atoms with van der Waals surface area (Å²) in [5, 5.41) is 9.45. The zero-order valence-electron chi connectivity index (χ0n) is 12.2. The van der Waals surface area contributed by atoms with Gasteiger partial charge in [-0.3, -0.25) is 14.5 Å². The third-order valence-electron chi connectivity index (χ3n) is 4.35. The van der Waals surface area contributed by atoms with Crippen LogP contribution in [-0.4, -0.2) is 41.6 Å². The minimum atomic E-state index is -1.02. The van der Waals surface area contributed by atoms with Crippen molar-refractivity contribution in [3.8, 4) is 0 Å². The average molecular weight is 295 g/mol. The fourth-order valence-corrected chi connectivity index (χ4v) is 3.05. The van der Waals surface area contributed by atoms with Crippen molar-refractivity contribution in [3.05, 3.63) is 35.6 Å². The molecular formula is C15H18FNO4. The van der Waals surface area contributed by atoms with Crippen LogP contribution in [-0.2, 0) is 14.3 Å². The van der Waals surface area contributed by atoms with E-state index in [0.29, 0.717) is 5.56 Å². The first-order valence-electron chi connectivity index (χ1n) is 6.61. The molecule has 114 valence electrons. The highest BCUT2D eigenvalue weighted by molar-refractivity contribution is 5.83. The number of carboxylic acids is 1. The summed E-state index contributed by atoms with van der Waals surface area (Å²) in [5.41, 5.74) is -0.351. The molecule has 1 aliphatic rings. The molecule has 6 heteroatoms. The summed E-state index contributed by atoms with van der Waals surface area (Å²) in [6, 6.07) is 5.17. The van der Waals surface area contributed by atoms with Crippen LogP contribution >= 0.6 is 0 Å². The van der Waals surface area contributed by atoms with Gasteiger partial charge in [0.25, 0.3) is 0 Å². The van der Waals surface area contributed by atoms with Crippen LogP contribution in [0.3, 0.4) is 0 Å². The van der Waals surface area contributed by atoms with E-state index < -0.39 is 29.4 Å². The van der Waals surface area contributed by atoms with Crippen LogP contribution in [0, 0.1) is 11.7 Å². The van der Waals surface area contributed by atoms with Crippen LogP contribution in [0.2, 0.25) is 0 Å². The summed E-state index contributed by atoms with van der Waals surface area (Å²) >= 11 is 0. The van der Waals surface area contributed by atoms with Gasteiger partial charge in [-0.25, -0.2) is 4.39 Å². The normalized spacial score (nSPS) is 29.3. The van der Waals surface area contributed by atoms with E-state index in [9.17, 15) is 19.1 Å². The molecule has 2 rings (SSSR count). The van der Waals surface area contributed by atoms with Gasteiger partial charge in [-0.05, 0) is 38.1 Å². The number of ether oxygens (including phenoxy) is 1. The van der Waals surface area contributed by atoms with Gasteiger partial charge in [0.2, 0.25) is 0 Å². The number of likely N-dealkylation sites (N-methyl/N-ethyl adjacent to an activating group) is 1. The van der Waals surface area contributed by atoms with E-state index in [2.05, 4.69) is 0 Å². The number of likely N-dealkylation sites (tertiary alicyclic amines) is 1. The van der Waals surface area contributed by atoms with E-state index in [4.69, 9.17) is 4.74 Å². The number of esters is 1. The van der Waals surface area contributed by atoms with Crippen molar-refractivity contribution in [2.24, 2.45) is 5.92 Å². The second-order valence-corrected chi connectivity index (χ2v) is 5.52. The lowest BCUT2D eigenvalue weighted by atomic mass is 9.90. The number of aliphatic carboxylic acids is 1. The molecule has 0 saturated carbocycles. The number of hydrogen-bond acceptors (Lipinski definition) is 4. The fraction of sp³-hybridized carbons (Fsp3) is 0.467. The number of carbonyl (C=O) groups excluding carboxylic acids is 1. The van der Waals surface area contributed by atoms with Gasteiger partial charge in [-0.2, -0.15) is 0 Å². The molecule has 5 nitrogen and oxygen atoms in total. The minimum Gasteiger partial charge on any atom is -0.481 e.